The lowest BCUT2D eigenvalue weighted by Crippen LogP contribution is -2.49. The summed E-state index contributed by atoms with van der Waals surface area (Å²) in [6.45, 7) is 0.191. The van der Waals surface area contributed by atoms with Crippen LogP contribution in [-0.4, -0.2) is 77.3 Å². The number of rotatable bonds is 13. The number of aliphatic hydroxyl groups excluding tert-OH is 2. The van der Waals surface area contributed by atoms with Crippen LogP contribution in [0.25, 0.3) is 0 Å². The number of aliphatic hydroxyl groups is 2. The Labute approximate surface area is 174 Å². The zero-order chi connectivity index (χ0) is 22.0. The van der Waals surface area contributed by atoms with Crippen molar-refractivity contribution in [2.75, 3.05) is 61.9 Å². The quantitative estimate of drug-likeness (QED) is 0.0830. The number of aromatic hydroxyl groups is 2. The lowest BCUT2D eigenvalue weighted by atomic mass is 10.2. The number of hydrogen-bond donors (Lipinski definition) is 7. The average molecular weight is 420 g/mol. The predicted octanol–water partition coefficient (Wildman–Crippen LogP) is 1.16. The molecule has 10 nitrogen and oxygen atoms in total. The zero-order valence-corrected chi connectivity index (χ0v) is 16.5. The third-order valence-corrected chi connectivity index (χ3v) is 4.52. The molecule has 0 saturated carbocycles. The molecule has 0 saturated heterocycles. The number of benzene rings is 2. The Morgan fingerprint density at radius 1 is 0.867 bits per heavy atom. The van der Waals surface area contributed by atoms with Crippen molar-refractivity contribution >= 4 is 29.0 Å². The summed E-state index contributed by atoms with van der Waals surface area (Å²) in [5.41, 5.74) is 1.99. The van der Waals surface area contributed by atoms with Crippen molar-refractivity contribution in [3.63, 3.8) is 0 Å². The molecule has 10 heteroatoms. The highest BCUT2D eigenvalue weighted by Crippen LogP contribution is 2.36. The van der Waals surface area contributed by atoms with E-state index in [4.69, 9.17) is 10.2 Å². The first kappa shape index (κ1) is 23.2. The van der Waals surface area contributed by atoms with E-state index in [0.29, 0.717) is 24.2 Å². The highest BCUT2D eigenvalue weighted by Gasteiger charge is 2.15. The summed E-state index contributed by atoms with van der Waals surface area (Å²) in [4.78, 5) is 10.4. The van der Waals surface area contributed by atoms with Crippen molar-refractivity contribution in [2.24, 2.45) is 0 Å². The lowest BCUT2D eigenvalue weighted by molar-refractivity contribution is -0.879. The summed E-state index contributed by atoms with van der Waals surface area (Å²) >= 11 is 0. The molecule has 2 rings (SSSR count). The largest absolute Gasteiger partial charge is 0.633 e. The minimum atomic E-state index is -0.667. The number of nitrogens with zero attached hydrogens (tertiary/aromatic N) is 1. The van der Waals surface area contributed by atoms with Gasteiger partial charge in [0, 0.05) is 23.5 Å². The molecule has 2 aromatic rings. The number of phenols is 2. The second kappa shape index (κ2) is 11.2. The minimum absolute atomic E-state index is 0.0145. The first-order chi connectivity index (χ1) is 14.4. The highest BCUT2D eigenvalue weighted by atomic mass is 16.5. The molecule has 0 aliphatic carbocycles. The topological polar surface area (TPSA) is 157 Å². The van der Waals surface area contributed by atoms with Crippen LogP contribution in [0.5, 0.6) is 11.5 Å². The Balaban J connectivity index is 1.94. The number of anilines is 4. The molecular formula is C20H28N4O6. The van der Waals surface area contributed by atoms with E-state index in [0.717, 1.165) is 5.69 Å². The molecule has 30 heavy (non-hydrogen) atoms. The van der Waals surface area contributed by atoms with E-state index in [9.17, 15) is 20.2 Å². The Morgan fingerprint density at radius 3 is 2.03 bits per heavy atom. The third kappa shape index (κ3) is 6.78. The first-order valence-corrected chi connectivity index (χ1v) is 9.54. The summed E-state index contributed by atoms with van der Waals surface area (Å²) in [6, 6.07) is 9.77. The van der Waals surface area contributed by atoms with Gasteiger partial charge in [-0.05, 0) is 24.3 Å². The van der Waals surface area contributed by atoms with E-state index < -0.39 is 4.65 Å². The van der Waals surface area contributed by atoms with Gasteiger partial charge in [-0.2, -0.15) is 0 Å². The van der Waals surface area contributed by atoms with Crippen LogP contribution in [0.4, 0.5) is 22.7 Å². The molecule has 0 heterocycles. The molecular weight excluding hydrogens is 392 g/mol. The summed E-state index contributed by atoms with van der Waals surface area (Å²) in [5.74, 6) is -0.207. The summed E-state index contributed by atoms with van der Waals surface area (Å²) in [7, 11) is 0. The van der Waals surface area contributed by atoms with Gasteiger partial charge in [0.05, 0.1) is 44.2 Å². The van der Waals surface area contributed by atoms with Gasteiger partial charge in [0.15, 0.2) is 0 Å². The maximum atomic E-state index is 12.4. The van der Waals surface area contributed by atoms with Gasteiger partial charge in [0.2, 0.25) is 0 Å². The standard InChI is InChI=1S/C20H28N4O6/c25-10-6-22-17-13-20(29)18(14-19(17)28)23-16-3-1-15(2-4-16)21-5-7-24(30,8-11-26)9-12-27/h1-4,10,13-14,21-23,26-29H,5-9,11-12H2. The fourth-order valence-corrected chi connectivity index (χ4v) is 2.90. The second-order valence-corrected chi connectivity index (χ2v) is 6.74. The van der Waals surface area contributed by atoms with E-state index >= 15 is 0 Å². The number of nitrogens with one attached hydrogen (secondary N) is 3. The molecule has 0 fully saturated rings. The third-order valence-electron chi connectivity index (χ3n) is 4.52. The van der Waals surface area contributed by atoms with Crippen LogP contribution in [0.3, 0.4) is 0 Å². The Kier molecular flexibility index (Phi) is 8.69. The number of aldehydes is 1. The van der Waals surface area contributed by atoms with Crippen molar-refractivity contribution in [2.45, 2.75) is 0 Å². The smallest absolute Gasteiger partial charge is 0.141 e. The molecule has 0 amide bonds. The SMILES string of the molecule is O=CCNc1cc(O)c(Nc2ccc(NCC[N+]([O-])(CCO)CCO)cc2)cc1O. The number of carbonyl (C=O) groups excluding carboxylic acids is 1. The van der Waals surface area contributed by atoms with E-state index in [1.165, 1.54) is 12.1 Å². The van der Waals surface area contributed by atoms with Gasteiger partial charge in [0.25, 0.3) is 0 Å². The molecule has 0 aromatic heterocycles. The lowest BCUT2D eigenvalue weighted by Gasteiger charge is -2.42. The van der Waals surface area contributed by atoms with Crippen LogP contribution in [-0.2, 0) is 4.79 Å². The van der Waals surface area contributed by atoms with E-state index in [2.05, 4.69) is 16.0 Å². The molecule has 164 valence electrons. The van der Waals surface area contributed by atoms with Crippen LogP contribution in [0.15, 0.2) is 36.4 Å². The highest BCUT2D eigenvalue weighted by molar-refractivity contribution is 5.75. The van der Waals surface area contributed by atoms with Gasteiger partial charge < -0.3 is 51.0 Å². The van der Waals surface area contributed by atoms with Gasteiger partial charge in [-0.15, -0.1) is 0 Å². The fourth-order valence-electron chi connectivity index (χ4n) is 2.90. The molecule has 0 spiro atoms. The van der Waals surface area contributed by atoms with Gasteiger partial charge in [-0.3, -0.25) is 0 Å². The summed E-state index contributed by atoms with van der Waals surface area (Å²) in [6.07, 6.45) is 0.646. The van der Waals surface area contributed by atoms with Gasteiger partial charge >= 0.3 is 0 Å². The van der Waals surface area contributed by atoms with Gasteiger partial charge in [-0.1, -0.05) is 0 Å². The van der Waals surface area contributed by atoms with Crippen molar-refractivity contribution in [3.8, 4) is 11.5 Å². The second-order valence-electron chi connectivity index (χ2n) is 6.74. The Hall–Kier alpha value is -3.05. The van der Waals surface area contributed by atoms with Crippen LogP contribution in [0, 0.1) is 5.21 Å². The normalized spacial score (nSPS) is 11.2. The number of carbonyl (C=O) groups is 1. The Bertz CT molecular complexity index is 810. The average Bonchev–Trinajstić information content (AvgIpc) is 2.71. The number of phenolic OH excluding ortho intramolecular Hbond substituents is 2. The van der Waals surface area contributed by atoms with E-state index in [-0.39, 0.29) is 56.6 Å². The maximum Gasteiger partial charge on any atom is 0.141 e. The molecule has 0 bridgehead atoms. The van der Waals surface area contributed by atoms with E-state index in [1.54, 1.807) is 24.3 Å². The molecule has 0 atom stereocenters. The van der Waals surface area contributed by atoms with Crippen molar-refractivity contribution in [1.82, 2.24) is 0 Å². The minimum Gasteiger partial charge on any atom is -0.633 e. The molecule has 2 aromatic carbocycles. The number of quaternary nitrogens is 1. The van der Waals surface area contributed by atoms with Crippen molar-refractivity contribution in [1.29, 1.82) is 0 Å². The molecule has 0 unspecified atom stereocenters. The molecule has 0 radical (unpaired) electrons. The number of hydroxylamine groups is 3. The van der Waals surface area contributed by atoms with E-state index in [1.807, 2.05) is 0 Å². The first-order valence-electron chi connectivity index (χ1n) is 9.54. The fraction of sp³-hybridized carbons (Fsp3) is 0.350. The predicted molar refractivity (Wildman–Crippen MR) is 115 cm³/mol. The Morgan fingerprint density at radius 2 is 1.43 bits per heavy atom. The number of hydrogen-bond acceptors (Lipinski definition) is 9. The van der Waals surface area contributed by atoms with Gasteiger partial charge in [-0.25, -0.2) is 0 Å². The monoisotopic (exact) mass is 420 g/mol. The van der Waals surface area contributed by atoms with Crippen LogP contribution < -0.4 is 16.0 Å². The zero-order valence-electron chi connectivity index (χ0n) is 16.5. The van der Waals surface area contributed by atoms with Crippen molar-refractivity contribution < 1.29 is 29.9 Å². The molecule has 0 aliphatic heterocycles. The van der Waals surface area contributed by atoms with Crippen molar-refractivity contribution in [3.05, 3.63) is 41.6 Å². The summed E-state index contributed by atoms with van der Waals surface area (Å²) in [5, 5.41) is 59.3. The van der Waals surface area contributed by atoms with Gasteiger partial charge in [0.1, 0.15) is 30.9 Å². The molecule has 7 N–H and O–H groups in total. The van der Waals surface area contributed by atoms with Crippen LogP contribution in [0.1, 0.15) is 0 Å². The van der Waals surface area contributed by atoms with Crippen LogP contribution >= 0.6 is 0 Å². The maximum absolute atomic E-state index is 12.4. The summed E-state index contributed by atoms with van der Waals surface area (Å²) < 4.78 is -0.667. The van der Waals surface area contributed by atoms with Crippen LogP contribution in [0.2, 0.25) is 0 Å². The molecule has 0 aliphatic rings.